The van der Waals surface area contributed by atoms with Gasteiger partial charge in [0.1, 0.15) is 11.5 Å². The zero-order chi connectivity index (χ0) is 23.0. The van der Waals surface area contributed by atoms with Gasteiger partial charge in [-0.25, -0.2) is 8.42 Å². The molecule has 12 heteroatoms. The van der Waals surface area contributed by atoms with Gasteiger partial charge in [0.25, 0.3) is 0 Å². The number of ketones is 1. The Morgan fingerprint density at radius 1 is 1.16 bits per heavy atom. The van der Waals surface area contributed by atoms with Crippen LogP contribution in [0, 0.1) is 0 Å². The van der Waals surface area contributed by atoms with E-state index in [2.05, 4.69) is 10.2 Å². The maximum atomic E-state index is 11.7. The number of thioether (sulfide) groups is 2. The molecule has 0 aliphatic carbocycles. The Labute approximate surface area is 193 Å². The van der Waals surface area contributed by atoms with Crippen LogP contribution in [0.2, 0.25) is 0 Å². The van der Waals surface area contributed by atoms with Crippen LogP contribution in [-0.4, -0.2) is 57.8 Å². The van der Waals surface area contributed by atoms with Gasteiger partial charge >= 0.3 is 5.97 Å². The Hall–Kier alpha value is -1.63. The van der Waals surface area contributed by atoms with Crippen molar-refractivity contribution in [1.82, 2.24) is 10.2 Å². The quantitative estimate of drug-likeness (QED) is 0.236. The summed E-state index contributed by atoms with van der Waals surface area (Å²) >= 11 is 4.26. The van der Waals surface area contributed by atoms with Crippen molar-refractivity contribution < 1.29 is 28.2 Å². The lowest BCUT2D eigenvalue weighted by atomic mass is 9.98. The van der Waals surface area contributed by atoms with E-state index < -0.39 is 21.6 Å². The van der Waals surface area contributed by atoms with Crippen LogP contribution in [0.4, 0.5) is 0 Å². The smallest absolute Gasteiger partial charge is 0.318 e. The molecule has 31 heavy (non-hydrogen) atoms. The minimum Gasteiger partial charge on any atom is -0.507 e. The number of carbonyl (C=O) groups is 2. The van der Waals surface area contributed by atoms with E-state index in [1.165, 1.54) is 41.8 Å². The summed E-state index contributed by atoms with van der Waals surface area (Å²) in [5, 5.41) is 27.3. The lowest BCUT2D eigenvalue weighted by molar-refractivity contribution is -0.134. The second-order valence-corrected chi connectivity index (χ2v) is 12.4. The third kappa shape index (κ3) is 8.09. The van der Waals surface area contributed by atoms with E-state index in [1.807, 2.05) is 13.0 Å². The molecular weight excluding hydrogens is 480 g/mol. The highest BCUT2D eigenvalue weighted by Gasteiger charge is 2.17. The molecule has 8 nitrogen and oxygen atoms in total. The average molecular weight is 505 g/mol. The second-order valence-electron chi connectivity index (χ2n) is 6.72. The Kier molecular flexibility index (Phi) is 9.79. The highest BCUT2D eigenvalue weighted by Crippen LogP contribution is 2.34. The minimum absolute atomic E-state index is 0.0545. The molecule has 1 heterocycles. The van der Waals surface area contributed by atoms with Crippen molar-refractivity contribution in [2.75, 3.05) is 17.3 Å². The van der Waals surface area contributed by atoms with E-state index >= 15 is 0 Å². The number of sulfone groups is 1. The van der Waals surface area contributed by atoms with Crippen molar-refractivity contribution in [2.45, 2.75) is 47.5 Å². The van der Waals surface area contributed by atoms with Gasteiger partial charge in [0.2, 0.25) is 0 Å². The van der Waals surface area contributed by atoms with E-state index in [-0.39, 0.29) is 17.3 Å². The first-order valence-electron chi connectivity index (χ1n) is 9.49. The number of phenolic OH excluding ortho intramolecular Hbond substituents is 1. The molecule has 0 saturated carbocycles. The highest BCUT2D eigenvalue weighted by atomic mass is 32.2. The van der Waals surface area contributed by atoms with Gasteiger partial charge in [0, 0.05) is 11.5 Å². The number of Topliss-reactive ketones (excluding diaryl/α,β-unsaturated/α-hetero) is 1. The number of carboxylic acids is 1. The van der Waals surface area contributed by atoms with Crippen LogP contribution >= 0.6 is 34.9 Å². The molecule has 0 radical (unpaired) electrons. The highest BCUT2D eigenvalue weighted by molar-refractivity contribution is 8.03. The normalized spacial score (nSPS) is 11.5. The first kappa shape index (κ1) is 25.6. The van der Waals surface area contributed by atoms with E-state index in [4.69, 9.17) is 5.11 Å². The fourth-order valence-corrected chi connectivity index (χ4v) is 7.12. The van der Waals surface area contributed by atoms with Crippen molar-refractivity contribution in [3.05, 3.63) is 28.8 Å². The van der Waals surface area contributed by atoms with Crippen LogP contribution in [0.15, 0.2) is 20.8 Å². The van der Waals surface area contributed by atoms with Crippen LogP contribution in [0.3, 0.4) is 0 Å². The third-order valence-electron chi connectivity index (χ3n) is 4.17. The number of benzene rings is 1. The number of hydrogen-bond donors (Lipinski definition) is 2. The predicted octanol–water partition coefficient (Wildman–Crippen LogP) is 3.67. The van der Waals surface area contributed by atoms with Crippen LogP contribution in [-0.2, 0) is 26.8 Å². The minimum atomic E-state index is -3.58. The van der Waals surface area contributed by atoms with Crippen molar-refractivity contribution in [3.63, 3.8) is 0 Å². The number of carbonyl (C=O) groups excluding carboxylic acids is 1. The molecule has 0 spiro atoms. The van der Waals surface area contributed by atoms with Crippen molar-refractivity contribution in [2.24, 2.45) is 0 Å². The Balaban J connectivity index is 1.92. The summed E-state index contributed by atoms with van der Waals surface area (Å²) in [6.45, 7) is 3.44. The summed E-state index contributed by atoms with van der Waals surface area (Å²) < 4.78 is 24.6. The molecule has 170 valence electrons. The van der Waals surface area contributed by atoms with Crippen LogP contribution < -0.4 is 0 Å². The monoisotopic (exact) mass is 504 g/mol. The predicted molar refractivity (Wildman–Crippen MR) is 123 cm³/mol. The van der Waals surface area contributed by atoms with Crippen molar-refractivity contribution >= 4 is 56.5 Å². The molecule has 0 atom stereocenters. The summed E-state index contributed by atoms with van der Waals surface area (Å²) in [4.78, 5) is 22.2. The molecule has 0 fully saturated rings. The second kappa shape index (κ2) is 11.8. The summed E-state index contributed by atoms with van der Waals surface area (Å²) in [6.07, 6.45) is 1.85. The number of aromatic hydroxyl groups is 1. The molecule has 1 aromatic carbocycles. The van der Waals surface area contributed by atoms with Crippen LogP contribution in [0.25, 0.3) is 0 Å². The van der Waals surface area contributed by atoms with Gasteiger partial charge in [-0.1, -0.05) is 54.3 Å². The number of carboxylic acid groups (broad SMARTS) is 1. The van der Waals surface area contributed by atoms with E-state index in [0.29, 0.717) is 34.3 Å². The SMILES string of the molecule is CCCc1c(CSc2nnc(SCCCS(=O)(=O)CC(=O)O)s2)ccc(C(C)=O)c1O. The number of phenols is 1. The molecule has 2 rings (SSSR count). The largest absolute Gasteiger partial charge is 0.507 e. The first-order valence-corrected chi connectivity index (χ1v) is 14.1. The lowest BCUT2D eigenvalue weighted by Gasteiger charge is -2.12. The van der Waals surface area contributed by atoms with Gasteiger partial charge in [-0.15, -0.1) is 10.2 Å². The summed E-state index contributed by atoms with van der Waals surface area (Å²) in [5.74, 6) is -1.40. The number of nitrogens with zero attached hydrogens (tertiary/aromatic N) is 2. The molecular formula is C19H24N2O6S4. The fraction of sp³-hybridized carbons (Fsp3) is 0.474. The molecule has 0 aliphatic rings. The van der Waals surface area contributed by atoms with Gasteiger partial charge in [0.15, 0.2) is 24.3 Å². The fourth-order valence-electron chi connectivity index (χ4n) is 2.78. The van der Waals surface area contributed by atoms with E-state index in [1.54, 1.807) is 6.07 Å². The maximum Gasteiger partial charge on any atom is 0.318 e. The summed E-state index contributed by atoms with van der Waals surface area (Å²) in [5.41, 5.74) is 2.06. The molecule has 0 aliphatic heterocycles. The molecule has 2 N–H and O–H groups in total. The lowest BCUT2D eigenvalue weighted by Crippen LogP contribution is -2.18. The topological polar surface area (TPSA) is 135 Å². The third-order valence-corrected chi connectivity index (χ3v) is 9.09. The Morgan fingerprint density at radius 2 is 1.84 bits per heavy atom. The molecule has 1 aromatic heterocycles. The van der Waals surface area contributed by atoms with E-state index in [0.717, 1.165) is 21.9 Å². The number of aromatic nitrogens is 2. The van der Waals surface area contributed by atoms with Crippen LogP contribution in [0.5, 0.6) is 5.75 Å². The summed E-state index contributed by atoms with van der Waals surface area (Å²) in [6, 6.07) is 3.51. The molecule has 0 amide bonds. The Morgan fingerprint density at radius 3 is 2.45 bits per heavy atom. The van der Waals surface area contributed by atoms with E-state index in [9.17, 15) is 23.1 Å². The van der Waals surface area contributed by atoms with Gasteiger partial charge in [-0.3, -0.25) is 9.59 Å². The molecule has 0 saturated heterocycles. The zero-order valence-corrected chi connectivity index (χ0v) is 20.4. The van der Waals surface area contributed by atoms with Gasteiger partial charge in [-0.2, -0.15) is 0 Å². The molecule has 0 unspecified atom stereocenters. The average Bonchev–Trinajstić information content (AvgIpc) is 3.12. The molecule has 0 bridgehead atoms. The summed E-state index contributed by atoms with van der Waals surface area (Å²) in [7, 11) is -3.58. The number of rotatable bonds is 13. The number of hydrogen-bond acceptors (Lipinski definition) is 10. The van der Waals surface area contributed by atoms with Gasteiger partial charge < -0.3 is 10.2 Å². The Bertz CT molecular complexity index is 1040. The number of aliphatic carboxylic acids is 1. The van der Waals surface area contributed by atoms with Gasteiger partial charge in [0.05, 0.1) is 11.3 Å². The maximum absolute atomic E-state index is 11.7. The van der Waals surface area contributed by atoms with Crippen molar-refractivity contribution in [3.8, 4) is 5.75 Å². The van der Waals surface area contributed by atoms with Crippen molar-refractivity contribution in [1.29, 1.82) is 0 Å². The zero-order valence-electron chi connectivity index (χ0n) is 17.2. The molecule has 2 aromatic rings. The first-order chi connectivity index (χ1) is 14.6. The standard InChI is InChI=1S/C19H24N2O6S4/c1-3-5-15-13(6-7-14(12(2)22)17(15)25)10-29-19-21-20-18(30-19)28-8-4-9-31(26,27)11-16(23)24/h6-7,25H,3-5,8-11H2,1-2H3,(H,23,24). The van der Waals surface area contributed by atoms with Gasteiger partial charge in [-0.05, 0) is 37.0 Å². The van der Waals surface area contributed by atoms with Crippen LogP contribution in [0.1, 0.15) is 48.2 Å².